The molecule has 1 aliphatic heterocycles. The molecule has 2 heterocycles. The molecule has 0 spiro atoms. The Hall–Kier alpha value is -2.31. The molecular weight excluding hydrogens is 274 g/mol. The number of hydrogen-bond acceptors (Lipinski definition) is 4. The predicted molar refractivity (Wildman–Crippen MR) is 76.5 cm³/mol. The van der Waals surface area contributed by atoms with Crippen molar-refractivity contribution in [1.82, 2.24) is 9.88 Å². The lowest BCUT2D eigenvalue weighted by Gasteiger charge is -2.38. The standard InChI is InChI=1S/C14H19N3O4/c1-14(2,3)17(13(19)20)9-8-21-10-6-5-7-15-11(10)16(4)12(9)18/h5-7,9H,8H2,1-4H3,(H,19,20). The summed E-state index contributed by atoms with van der Waals surface area (Å²) >= 11 is 0. The molecule has 0 radical (unpaired) electrons. The molecule has 0 bridgehead atoms. The number of ether oxygens (including phenoxy) is 1. The van der Waals surface area contributed by atoms with Gasteiger partial charge in [-0.3, -0.25) is 14.6 Å². The average molecular weight is 293 g/mol. The second-order valence-electron chi connectivity index (χ2n) is 5.87. The molecule has 1 unspecified atom stereocenters. The van der Waals surface area contributed by atoms with Crippen molar-refractivity contribution < 1.29 is 19.4 Å². The lowest BCUT2D eigenvalue weighted by molar-refractivity contribution is -0.125. The molecule has 0 fully saturated rings. The highest BCUT2D eigenvalue weighted by atomic mass is 16.5. The van der Waals surface area contributed by atoms with Gasteiger partial charge in [-0.05, 0) is 32.9 Å². The quantitative estimate of drug-likeness (QED) is 0.850. The Morgan fingerprint density at radius 2 is 2.19 bits per heavy atom. The Morgan fingerprint density at radius 1 is 1.52 bits per heavy atom. The first-order valence-corrected chi connectivity index (χ1v) is 6.61. The van der Waals surface area contributed by atoms with Gasteiger partial charge in [-0.2, -0.15) is 0 Å². The third kappa shape index (κ3) is 2.76. The van der Waals surface area contributed by atoms with E-state index in [-0.39, 0.29) is 12.5 Å². The van der Waals surface area contributed by atoms with Crippen LogP contribution in [-0.2, 0) is 4.79 Å². The van der Waals surface area contributed by atoms with Crippen molar-refractivity contribution in [3.05, 3.63) is 18.3 Å². The molecule has 1 aromatic rings. The molecule has 1 aliphatic rings. The first-order valence-electron chi connectivity index (χ1n) is 6.61. The summed E-state index contributed by atoms with van der Waals surface area (Å²) in [5.74, 6) is 0.504. The highest BCUT2D eigenvalue weighted by molar-refractivity contribution is 5.99. The van der Waals surface area contributed by atoms with Gasteiger partial charge in [0.1, 0.15) is 12.6 Å². The fourth-order valence-electron chi connectivity index (χ4n) is 2.39. The molecule has 7 heteroatoms. The third-order valence-corrected chi connectivity index (χ3v) is 3.32. The van der Waals surface area contributed by atoms with Crippen LogP contribution in [-0.4, -0.2) is 52.2 Å². The van der Waals surface area contributed by atoms with E-state index in [1.807, 2.05) is 0 Å². The van der Waals surface area contributed by atoms with Crippen LogP contribution in [0, 0.1) is 0 Å². The maximum absolute atomic E-state index is 12.6. The minimum Gasteiger partial charge on any atom is -0.487 e. The third-order valence-electron chi connectivity index (χ3n) is 3.32. The number of hydrogen-bond donors (Lipinski definition) is 1. The van der Waals surface area contributed by atoms with Gasteiger partial charge in [0.2, 0.25) is 0 Å². The maximum atomic E-state index is 12.6. The smallest absolute Gasteiger partial charge is 0.408 e. The topological polar surface area (TPSA) is 83.0 Å². The van der Waals surface area contributed by atoms with Crippen LogP contribution < -0.4 is 9.64 Å². The number of amides is 2. The second kappa shape index (κ2) is 5.23. The van der Waals surface area contributed by atoms with E-state index in [1.165, 1.54) is 4.90 Å². The number of carboxylic acid groups (broad SMARTS) is 1. The summed E-state index contributed by atoms with van der Waals surface area (Å²) in [7, 11) is 1.57. The largest absolute Gasteiger partial charge is 0.487 e. The average Bonchev–Trinajstić information content (AvgIpc) is 2.50. The fourth-order valence-corrected chi connectivity index (χ4v) is 2.39. The molecule has 1 aromatic heterocycles. The van der Waals surface area contributed by atoms with Gasteiger partial charge < -0.3 is 9.84 Å². The molecule has 0 aromatic carbocycles. The Balaban J connectivity index is 2.41. The van der Waals surface area contributed by atoms with Gasteiger partial charge in [-0.15, -0.1) is 0 Å². The van der Waals surface area contributed by atoms with Gasteiger partial charge in [-0.1, -0.05) is 0 Å². The lowest BCUT2D eigenvalue weighted by atomic mass is 10.0. The number of anilines is 1. The van der Waals surface area contributed by atoms with Gasteiger partial charge in [-0.25, -0.2) is 9.78 Å². The zero-order valence-electron chi connectivity index (χ0n) is 12.5. The van der Waals surface area contributed by atoms with E-state index < -0.39 is 17.7 Å². The van der Waals surface area contributed by atoms with Crippen molar-refractivity contribution in [2.45, 2.75) is 32.4 Å². The number of carbonyl (C=O) groups is 2. The molecule has 1 atom stereocenters. The fraction of sp³-hybridized carbons (Fsp3) is 0.500. The van der Waals surface area contributed by atoms with Gasteiger partial charge in [0, 0.05) is 18.8 Å². The highest BCUT2D eigenvalue weighted by Gasteiger charge is 2.41. The molecule has 2 rings (SSSR count). The summed E-state index contributed by atoms with van der Waals surface area (Å²) in [5.41, 5.74) is -0.722. The predicted octanol–water partition coefficient (Wildman–Crippen LogP) is 1.58. The molecule has 0 saturated carbocycles. The Labute approximate surface area is 123 Å². The van der Waals surface area contributed by atoms with Crippen LogP contribution in [0.1, 0.15) is 20.8 Å². The number of carbonyl (C=O) groups excluding carboxylic acids is 1. The first-order chi connectivity index (χ1) is 9.73. The summed E-state index contributed by atoms with van der Waals surface area (Å²) in [6, 6.07) is 2.49. The van der Waals surface area contributed by atoms with Crippen LogP contribution in [0.3, 0.4) is 0 Å². The van der Waals surface area contributed by atoms with Gasteiger partial charge in [0.25, 0.3) is 5.91 Å². The summed E-state index contributed by atoms with van der Waals surface area (Å²) in [6.45, 7) is 5.19. The van der Waals surface area contributed by atoms with Crippen LogP contribution in [0.5, 0.6) is 5.75 Å². The van der Waals surface area contributed by atoms with Crippen LogP contribution in [0.2, 0.25) is 0 Å². The number of likely N-dealkylation sites (N-methyl/N-ethyl adjacent to an activating group) is 1. The molecule has 7 nitrogen and oxygen atoms in total. The monoisotopic (exact) mass is 293 g/mol. The lowest BCUT2D eigenvalue weighted by Crippen LogP contribution is -2.58. The number of nitrogens with zero attached hydrogens (tertiary/aromatic N) is 3. The first kappa shape index (κ1) is 15.1. The molecule has 1 N–H and O–H groups in total. The Bertz CT molecular complexity index is 568. The molecule has 2 amide bonds. The Morgan fingerprint density at radius 3 is 2.76 bits per heavy atom. The molecule has 21 heavy (non-hydrogen) atoms. The molecule has 0 aliphatic carbocycles. The van der Waals surface area contributed by atoms with Crippen molar-refractivity contribution in [2.24, 2.45) is 0 Å². The van der Waals surface area contributed by atoms with Crippen LogP contribution in [0.15, 0.2) is 18.3 Å². The number of fused-ring (bicyclic) bond motifs is 1. The number of aromatic nitrogens is 1. The summed E-state index contributed by atoms with van der Waals surface area (Å²) < 4.78 is 5.60. The number of rotatable bonds is 1. The van der Waals surface area contributed by atoms with E-state index in [0.29, 0.717) is 11.6 Å². The van der Waals surface area contributed by atoms with Gasteiger partial charge in [0.05, 0.1) is 0 Å². The summed E-state index contributed by atoms with van der Waals surface area (Å²) in [4.78, 5) is 30.8. The van der Waals surface area contributed by atoms with Crippen molar-refractivity contribution in [3.63, 3.8) is 0 Å². The second-order valence-corrected chi connectivity index (χ2v) is 5.87. The highest BCUT2D eigenvalue weighted by Crippen LogP contribution is 2.30. The minimum atomic E-state index is -1.16. The van der Waals surface area contributed by atoms with E-state index in [4.69, 9.17) is 4.74 Å². The van der Waals surface area contributed by atoms with E-state index in [2.05, 4.69) is 4.98 Å². The van der Waals surface area contributed by atoms with E-state index in [0.717, 1.165) is 4.90 Å². The van der Waals surface area contributed by atoms with E-state index >= 15 is 0 Å². The van der Waals surface area contributed by atoms with Crippen LogP contribution >= 0.6 is 0 Å². The molecule has 0 saturated heterocycles. The normalized spacial score (nSPS) is 18.6. The van der Waals surface area contributed by atoms with Crippen molar-refractivity contribution in [3.8, 4) is 5.75 Å². The van der Waals surface area contributed by atoms with Crippen molar-refractivity contribution in [2.75, 3.05) is 18.6 Å². The van der Waals surface area contributed by atoms with E-state index in [1.54, 1.807) is 46.1 Å². The number of pyridine rings is 1. The van der Waals surface area contributed by atoms with Gasteiger partial charge >= 0.3 is 6.09 Å². The maximum Gasteiger partial charge on any atom is 0.408 e. The molecule has 114 valence electrons. The van der Waals surface area contributed by atoms with Crippen LogP contribution in [0.4, 0.5) is 10.6 Å². The zero-order chi connectivity index (χ0) is 15.8. The SMILES string of the molecule is CN1C(=O)C(N(C(=O)O)C(C)(C)C)COc2cccnc21. The van der Waals surface area contributed by atoms with Crippen LogP contribution in [0.25, 0.3) is 0 Å². The van der Waals surface area contributed by atoms with Gasteiger partial charge in [0.15, 0.2) is 11.6 Å². The Kier molecular flexibility index (Phi) is 3.76. The van der Waals surface area contributed by atoms with Crippen molar-refractivity contribution >= 4 is 17.8 Å². The molecular formula is C14H19N3O4. The minimum absolute atomic E-state index is 0.0363. The summed E-state index contributed by atoms with van der Waals surface area (Å²) in [5, 5.41) is 9.46. The zero-order valence-corrected chi connectivity index (χ0v) is 12.5. The van der Waals surface area contributed by atoms with Crippen molar-refractivity contribution in [1.29, 1.82) is 0 Å². The van der Waals surface area contributed by atoms with E-state index in [9.17, 15) is 14.7 Å². The summed E-state index contributed by atoms with van der Waals surface area (Å²) in [6.07, 6.45) is 0.405.